The van der Waals surface area contributed by atoms with Crippen LogP contribution in [0.25, 0.3) is 0 Å². The highest BCUT2D eigenvalue weighted by molar-refractivity contribution is 5.67. The highest BCUT2D eigenvalue weighted by Gasteiger charge is 2.12. The Balaban J connectivity index is 2.70. The quantitative estimate of drug-likeness (QED) is 0.833. The average molecular weight is 222 g/mol. The molecule has 16 heavy (non-hydrogen) atoms. The Morgan fingerprint density at radius 3 is 2.56 bits per heavy atom. The lowest BCUT2D eigenvalue weighted by molar-refractivity contribution is -0.138. The molecule has 0 aliphatic carbocycles. The molecule has 1 N–H and O–H groups in total. The minimum absolute atomic E-state index is 0.0451. The highest BCUT2D eigenvalue weighted by atomic mass is 16.5. The largest absolute Gasteiger partial charge is 0.490 e. The van der Waals surface area contributed by atoms with E-state index in [1.165, 1.54) is 5.56 Å². The fraction of sp³-hybridized carbons (Fsp3) is 0.462. The van der Waals surface area contributed by atoms with Gasteiger partial charge in [-0.25, -0.2) is 0 Å². The maximum Gasteiger partial charge on any atom is 0.307 e. The minimum Gasteiger partial charge on any atom is -0.490 e. The molecule has 0 aliphatic heterocycles. The van der Waals surface area contributed by atoms with E-state index in [2.05, 4.69) is 0 Å². The number of carboxylic acid groups (broad SMARTS) is 1. The molecule has 88 valence electrons. The van der Waals surface area contributed by atoms with Gasteiger partial charge in [-0.05, 0) is 43.5 Å². The van der Waals surface area contributed by atoms with Crippen molar-refractivity contribution >= 4 is 5.97 Å². The van der Waals surface area contributed by atoms with Gasteiger partial charge in [0.1, 0.15) is 11.9 Å². The van der Waals surface area contributed by atoms with Gasteiger partial charge in [-0.15, -0.1) is 0 Å². The topological polar surface area (TPSA) is 46.5 Å². The fourth-order valence-corrected chi connectivity index (χ4v) is 1.44. The van der Waals surface area contributed by atoms with Crippen molar-refractivity contribution in [2.24, 2.45) is 0 Å². The van der Waals surface area contributed by atoms with Gasteiger partial charge in [0.05, 0.1) is 6.42 Å². The number of ether oxygens (including phenoxy) is 1. The molecular weight excluding hydrogens is 204 g/mol. The van der Waals surface area contributed by atoms with E-state index in [4.69, 9.17) is 9.84 Å². The van der Waals surface area contributed by atoms with E-state index >= 15 is 0 Å². The summed E-state index contributed by atoms with van der Waals surface area (Å²) in [6, 6.07) is 5.81. The molecule has 0 aromatic heterocycles. The highest BCUT2D eigenvalue weighted by Crippen LogP contribution is 2.19. The molecule has 3 heteroatoms. The molecule has 0 radical (unpaired) electrons. The van der Waals surface area contributed by atoms with Gasteiger partial charge >= 0.3 is 5.97 Å². The minimum atomic E-state index is -0.823. The predicted molar refractivity (Wildman–Crippen MR) is 62.9 cm³/mol. The molecular formula is C13H18O3. The van der Waals surface area contributed by atoms with E-state index in [-0.39, 0.29) is 12.5 Å². The van der Waals surface area contributed by atoms with Crippen molar-refractivity contribution in [3.05, 3.63) is 29.3 Å². The van der Waals surface area contributed by atoms with Crippen LogP contribution in [0.4, 0.5) is 0 Å². The van der Waals surface area contributed by atoms with Gasteiger partial charge in [-0.2, -0.15) is 0 Å². The summed E-state index contributed by atoms with van der Waals surface area (Å²) in [5.74, 6) is -0.0770. The summed E-state index contributed by atoms with van der Waals surface area (Å²) in [7, 11) is 0. The molecule has 0 amide bonds. The Morgan fingerprint density at radius 1 is 1.38 bits per heavy atom. The Hall–Kier alpha value is -1.51. The summed E-state index contributed by atoms with van der Waals surface area (Å²) in [4.78, 5) is 10.6. The van der Waals surface area contributed by atoms with Gasteiger partial charge in [-0.1, -0.05) is 13.0 Å². The molecule has 0 spiro atoms. The van der Waals surface area contributed by atoms with Crippen molar-refractivity contribution in [3.63, 3.8) is 0 Å². The zero-order chi connectivity index (χ0) is 12.1. The summed E-state index contributed by atoms with van der Waals surface area (Å²) < 4.78 is 5.63. The van der Waals surface area contributed by atoms with Crippen LogP contribution in [0.2, 0.25) is 0 Å². The van der Waals surface area contributed by atoms with Crippen LogP contribution < -0.4 is 4.74 Å². The molecule has 0 aliphatic rings. The molecule has 1 atom stereocenters. The van der Waals surface area contributed by atoms with E-state index in [1.54, 1.807) is 0 Å². The summed E-state index contributed by atoms with van der Waals surface area (Å²) in [6.45, 7) is 5.97. The fourth-order valence-electron chi connectivity index (χ4n) is 1.44. The molecule has 3 nitrogen and oxygen atoms in total. The van der Waals surface area contributed by atoms with Crippen LogP contribution in [0.5, 0.6) is 5.75 Å². The van der Waals surface area contributed by atoms with Crippen LogP contribution in [0, 0.1) is 13.8 Å². The standard InChI is InChI=1S/C13H18O3/c1-4-11(8-13(14)15)16-12-6-5-9(2)10(3)7-12/h5-7,11H,4,8H2,1-3H3,(H,14,15). The zero-order valence-electron chi connectivity index (χ0n) is 9.99. The molecule has 1 aromatic carbocycles. The Bertz CT molecular complexity index is 371. The molecule has 1 aromatic rings. The number of benzene rings is 1. The number of hydrogen-bond acceptors (Lipinski definition) is 2. The van der Waals surface area contributed by atoms with Gasteiger partial charge in [0.2, 0.25) is 0 Å². The van der Waals surface area contributed by atoms with Gasteiger partial charge in [0.15, 0.2) is 0 Å². The van der Waals surface area contributed by atoms with Crippen molar-refractivity contribution in [2.75, 3.05) is 0 Å². The lowest BCUT2D eigenvalue weighted by Crippen LogP contribution is -2.19. The van der Waals surface area contributed by atoms with Crippen LogP contribution in [0.15, 0.2) is 18.2 Å². The van der Waals surface area contributed by atoms with Crippen LogP contribution in [0.1, 0.15) is 30.9 Å². The average Bonchev–Trinajstić information content (AvgIpc) is 2.22. The van der Waals surface area contributed by atoms with Crippen molar-refractivity contribution in [2.45, 2.75) is 39.7 Å². The van der Waals surface area contributed by atoms with E-state index in [9.17, 15) is 4.79 Å². The zero-order valence-corrected chi connectivity index (χ0v) is 9.99. The SMILES string of the molecule is CCC(CC(=O)O)Oc1ccc(C)c(C)c1. The number of rotatable bonds is 5. The molecule has 0 bridgehead atoms. The van der Waals surface area contributed by atoms with E-state index in [0.717, 1.165) is 11.3 Å². The van der Waals surface area contributed by atoms with Crippen molar-refractivity contribution < 1.29 is 14.6 Å². The van der Waals surface area contributed by atoms with Crippen LogP contribution >= 0.6 is 0 Å². The molecule has 1 unspecified atom stereocenters. The van der Waals surface area contributed by atoms with Gasteiger partial charge in [-0.3, -0.25) is 4.79 Å². The second-order valence-electron chi connectivity index (χ2n) is 3.99. The Labute approximate surface area is 96.1 Å². The molecule has 0 heterocycles. The van der Waals surface area contributed by atoms with Gasteiger partial charge in [0.25, 0.3) is 0 Å². The van der Waals surface area contributed by atoms with Crippen LogP contribution in [0.3, 0.4) is 0 Å². The molecule has 0 saturated carbocycles. The second kappa shape index (κ2) is 5.54. The Kier molecular flexibility index (Phi) is 4.35. The third kappa shape index (κ3) is 3.57. The second-order valence-corrected chi connectivity index (χ2v) is 3.99. The van der Waals surface area contributed by atoms with Crippen LogP contribution in [-0.2, 0) is 4.79 Å². The number of carboxylic acids is 1. The lowest BCUT2D eigenvalue weighted by atomic mass is 10.1. The maximum absolute atomic E-state index is 10.6. The summed E-state index contributed by atoms with van der Waals surface area (Å²) in [5.41, 5.74) is 2.36. The molecule has 1 rings (SSSR count). The Morgan fingerprint density at radius 2 is 2.06 bits per heavy atom. The van der Waals surface area contributed by atoms with Gasteiger partial charge in [0, 0.05) is 0 Å². The predicted octanol–water partition coefficient (Wildman–Crippen LogP) is 2.94. The first-order valence-electron chi connectivity index (χ1n) is 5.48. The lowest BCUT2D eigenvalue weighted by Gasteiger charge is -2.16. The summed E-state index contributed by atoms with van der Waals surface area (Å²) in [5, 5.41) is 8.71. The van der Waals surface area contributed by atoms with Crippen molar-refractivity contribution in [1.82, 2.24) is 0 Å². The number of aryl methyl sites for hydroxylation is 2. The first kappa shape index (κ1) is 12.6. The number of carbonyl (C=O) groups is 1. The first-order chi connectivity index (χ1) is 7.52. The summed E-state index contributed by atoms with van der Waals surface area (Å²) in [6.07, 6.45) is 0.488. The van der Waals surface area contributed by atoms with Crippen LogP contribution in [-0.4, -0.2) is 17.2 Å². The van der Waals surface area contributed by atoms with E-state index < -0.39 is 5.97 Å². The van der Waals surface area contributed by atoms with E-state index in [0.29, 0.717) is 6.42 Å². The number of aliphatic carboxylic acids is 1. The summed E-state index contributed by atoms with van der Waals surface area (Å²) >= 11 is 0. The van der Waals surface area contributed by atoms with Gasteiger partial charge < -0.3 is 9.84 Å². The number of hydrogen-bond donors (Lipinski definition) is 1. The van der Waals surface area contributed by atoms with Crippen molar-refractivity contribution in [3.8, 4) is 5.75 Å². The smallest absolute Gasteiger partial charge is 0.307 e. The third-order valence-corrected chi connectivity index (χ3v) is 2.64. The maximum atomic E-state index is 10.6. The third-order valence-electron chi connectivity index (χ3n) is 2.64. The van der Waals surface area contributed by atoms with Crippen molar-refractivity contribution in [1.29, 1.82) is 0 Å². The molecule has 0 fully saturated rings. The first-order valence-corrected chi connectivity index (χ1v) is 5.48. The monoisotopic (exact) mass is 222 g/mol. The normalized spacial score (nSPS) is 12.2. The molecule has 0 saturated heterocycles. The van der Waals surface area contributed by atoms with E-state index in [1.807, 2.05) is 39.0 Å².